The summed E-state index contributed by atoms with van der Waals surface area (Å²) in [4.78, 5) is 24.7. The van der Waals surface area contributed by atoms with Gasteiger partial charge in [-0.1, -0.05) is 35.1 Å². The van der Waals surface area contributed by atoms with Gasteiger partial charge in [0.05, 0.1) is 23.2 Å². The van der Waals surface area contributed by atoms with Crippen LogP contribution < -0.4 is 5.56 Å². The molecule has 0 bridgehead atoms. The van der Waals surface area contributed by atoms with E-state index in [1.54, 1.807) is 27.7 Å². The van der Waals surface area contributed by atoms with Crippen molar-refractivity contribution in [2.45, 2.75) is 22.3 Å². The SMILES string of the molecule is CSc1ccc(-c2noc(CSc3nc4ccccc4c(=O)n3Cc3cccs3)n2)cc1. The molecule has 0 fully saturated rings. The summed E-state index contributed by atoms with van der Waals surface area (Å²) in [6.07, 6.45) is 2.04. The molecule has 0 atom stereocenters. The van der Waals surface area contributed by atoms with E-state index in [4.69, 9.17) is 9.51 Å². The van der Waals surface area contributed by atoms with Crippen molar-refractivity contribution in [1.82, 2.24) is 19.7 Å². The average molecular weight is 479 g/mol. The predicted molar refractivity (Wildman–Crippen MR) is 130 cm³/mol. The summed E-state index contributed by atoms with van der Waals surface area (Å²) < 4.78 is 7.18. The van der Waals surface area contributed by atoms with Crippen LogP contribution in [0.25, 0.3) is 22.3 Å². The van der Waals surface area contributed by atoms with E-state index in [0.29, 0.717) is 40.1 Å². The van der Waals surface area contributed by atoms with E-state index in [-0.39, 0.29) is 5.56 Å². The van der Waals surface area contributed by atoms with Crippen molar-refractivity contribution in [1.29, 1.82) is 0 Å². The van der Waals surface area contributed by atoms with Crippen molar-refractivity contribution in [3.8, 4) is 11.4 Å². The van der Waals surface area contributed by atoms with Crippen molar-refractivity contribution in [3.63, 3.8) is 0 Å². The van der Waals surface area contributed by atoms with Gasteiger partial charge in [-0.2, -0.15) is 4.98 Å². The third-order valence-electron chi connectivity index (χ3n) is 4.86. The van der Waals surface area contributed by atoms with Gasteiger partial charge < -0.3 is 4.52 Å². The summed E-state index contributed by atoms with van der Waals surface area (Å²) in [5, 5.41) is 7.36. The monoisotopic (exact) mass is 478 g/mol. The molecule has 3 aromatic heterocycles. The maximum Gasteiger partial charge on any atom is 0.262 e. The second-order valence-corrected chi connectivity index (χ2v) is 9.77. The van der Waals surface area contributed by atoms with E-state index in [9.17, 15) is 4.79 Å². The molecule has 160 valence electrons. The van der Waals surface area contributed by atoms with Crippen LogP contribution in [-0.2, 0) is 12.3 Å². The molecule has 0 aliphatic heterocycles. The Balaban J connectivity index is 1.42. The minimum atomic E-state index is -0.0494. The molecule has 5 rings (SSSR count). The van der Waals surface area contributed by atoms with E-state index in [2.05, 4.69) is 10.1 Å². The number of aromatic nitrogens is 4. The smallest absolute Gasteiger partial charge is 0.262 e. The van der Waals surface area contributed by atoms with Gasteiger partial charge in [-0.05, 0) is 54.1 Å². The lowest BCUT2D eigenvalue weighted by Crippen LogP contribution is -2.23. The highest BCUT2D eigenvalue weighted by molar-refractivity contribution is 7.98. The van der Waals surface area contributed by atoms with Crippen LogP contribution in [-0.4, -0.2) is 25.9 Å². The maximum absolute atomic E-state index is 13.2. The Hall–Kier alpha value is -2.88. The molecule has 9 heteroatoms. The van der Waals surface area contributed by atoms with E-state index < -0.39 is 0 Å². The topological polar surface area (TPSA) is 73.8 Å². The van der Waals surface area contributed by atoms with Gasteiger partial charge in [0.2, 0.25) is 11.7 Å². The zero-order valence-corrected chi connectivity index (χ0v) is 19.5. The molecule has 0 saturated heterocycles. The number of thiophene rings is 1. The molecule has 0 N–H and O–H groups in total. The highest BCUT2D eigenvalue weighted by Gasteiger charge is 2.15. The lowest BCUT2D eigenvalue weighted by Gasteiger charge is -2.11. The Bertz CT molecular complexity index is 1410. The van der Waals surface area contributed by atoms with Crippen LogP contribution in [0.15, 0.2) is 85.4 Å². The molecule has 0 aliphatic rings. The normalized spacial score (nSPS) is 11.3. The van der Waals surface area contributed by atoms with E-state index in [1.165, 1.54) is 16.7 Å². The predicted octanol–water partition coefficient (Wildman–Crippen LogP) is 5.57. The molecule has 32 heavy (non-hydrogen) atoms. The number of rotatable bonds is 7. The van der Waals surface area contributed by atoms with Gasteiger partial charge in [-0.25, -0.2) is 4.98 Å². The Kier molecular flexibility index (Phi) is 6.11. The van der Waals surface area contributed by atoms with E-state index >= 15 is 0 Å². The van der Waals surface area contributed by atoms with Crippen molar-refractivity contribution in [2.75, 3.05) is 6.26 Å². The zero-order chi connectivity index (χ0) is 21.9. The largest absolute Gasteiger partial charge is 0.338 e. The average Bonchev–Trinajstić information content (AvgIpc) is 3.52. The van der Waals surface area contributed by atoms with Crippen molar-refractivity contribution in [3.05, 3.63) is 87.2 Å². The van der Waals surface area contributed by atoms with E-state index in [0.717, 1.165) is 10.4 Å². The molecule has 6 nitrogen and oxygen atoms in total. The third kappa shape index (κ3) is 4.36. The number of para-hydroxylation sites is 1. The summed E-state index contributed by atoms with van der Waals surface area (Å²) in [6, 6.07) is 19.5. The summed E-state index contributed by atoms with van der Waals surface area (Å²) in [7, 11) is 0. The van der Waals surface area contributed by atoms with E-state index in [1.807, 2.05) is 72.3 Å². The fraction of sp³-hybridized carbons (Fsp3) is 0.130. The second kappa shape index (κ2) is 9.32. The van der Waals surface area contributed by atoms with Crippen LogP contribution in [0.5, 0.6) is 0 Å². The van der Waals surface area contributed by atoms with Gasteiger partial charge in [0.15, 0.2) is 5.16 Å². The van der Waals surface area contributed by atoms with Crippen LogP contribution in [0, 0.1) is 0 Å². The minimum Gasteiger partial charge on any atom is -0.338 e. The highest BCUT2D eigenvalue weighted by Crippen LogP contribution is 2.25. The fourth-order valence-electron chi connectivity index (χ4n) is 3.25. The van der Waals surface area contributed by atoms with Crippen LogP contribution in [0.4, 0.5) is 0 Å². The molecular weight excluding hydrogens is 460 g/mol. The molecule has 0 spiro atoms. The summed E-state index contributed by atoms with van der Waals surface area (Å²) in [5.74, 6) is 1.46. The molecular formula is C23H18N4O2S3. The number of thioether (sulfide) groups is 2. The Morgan fingerprint density at radius 2 is 1.88 bits per heavy atom. The van der Waals surface area contributed by atoms with Crippen molar-refractivity contribution in [2.24, 2.45) is 0 Å². The van der Waals surface area contributed by atoms with Crippen molar-refractivity contribution >= 4 is 45.8 Å². The van der Waals surface area contributed by atoms with Gasteiger partial charge in [0.25, 0.3) is 5.56 Å². The molecule has 0 saturated carbocycles. The van der Waals surface area contributed by atoms with Crippen LogP contribution in [0.1, 0.15) is 10.8 Å². The Labute approximate surface area is 196 Å². The number of hydrogen-bond acceptors (Lipinski definition) is 8. The third-order valence-corrected chi connectivity index (χ3v) is 7.43. The quantitative estimate of drug-likeness (QED) is 0.224. The van der Waals surface area contributed by atoms with Gasteiger partial charge in [-0.15, -0.1) is 23.1 Å². The Morgan fingerprint density at radius 1 is 1.03 bits per heavy atom. The number of hydrogen-bond donors (Lipinski definition) is 0. The van der Waals surface area contributed by atoms with Crippen LogP contribution in [0.3, 0.4) is 0 Å². The summed E-state index contributed by atoms with van der Waals surface area (Å²) in [6.45, 7) is 0.480. The van der Waals surface area contributed by atoms with Crippen LogP contribution >= 0.6 is 34.9 Å². The fourth-order valence-corrected chi connectivity index (χ4v) is 5.19. The molecule has 3 heterocycles. The maximum atomic E-state index is 13.2. The molecule has 2 aromatic carbocycles. The summed E-state index contributed by atoms with van der Waals surface area (Å²) in [5.41, 5.74) is 1.54. The summed E-state index contributed by atoms with van der Waals surface area (Å²) >= 11 is 4.73. The molecule has 5 aromatic rings. The van der Waals surface area contributed by atoms with Gasteiger partial charge in [0.1, 0.15) is 0 Å². The first-order valence-corrected chi connectivity index (χ1v) is 12.9. The van der Waals surface area contributed by atoms with Crippen molar-refractivity contribution < 1.29 is 4.52 Å². The molecule has 0 unspecified atom stereocenters. The standard InChI is InChI=1S/C23H18N4O2S3/c1-30-16-10-8-15(9-11-16)21-25-20(29-26-21)14-32-23-24-19-7-3-2-6-18(19)22(28)27(23)13-17-5-4-12-31-17/h2-12H,13-14H2,1H3. The van der Waals surface area contributed by atoms with Gasteiger partial charge >= 0.3 is 0 Å². The highest BCUT2D eigenvalue weighted by atomic mass is 32.2. The number of benzene rings is 2. The first kappa shape index (κ1) is 21.0. The van der Waals surface area contributed by atoms with Gasteiger partial charge in [-0.3, -0.25) is 9.36 Å². The Morgan fingerprint density at radius 3 is 2.66 bits per heavy atom. The lowest BCUT2D eigenvalue weighted by molar-refractivity contribution is 0.391. The number of fused-ring (bicyclic) bond motifs is 1. The zero-order valence-electron chi connectivity index (χ0n) is 17.1. The lowest BCUT2D eigenvalue weighted by atomic mass is 10.2. The first-order valence-electron chi connectivity index (χ1n) is 9.83. The molecule has 0 radical (unpaired) electrons. The first-order chi connectivity index (χ1) is 15.7. The minimum absolute atomic E-state index is 0.0494. The molecule has 0 amide bonds. The van der Waals surface area contributed by atoms with Gasteiger partial charge in [0, 0.05) is 15.3 Å². The second-order valence-electron chi connectivity index (χ2n) is 6.91. The van der Waals surface area contributed by atoms with Crippen LogP contribution in [0.2, 0.25) is 0 Å². The number of nitrogens with zero attached hydrogens (tertiary/aromatic N) is 4. The molecule has 0 aliphatic carbocycles.